The molecule has 4 amide bonds. The largest absolute Gasteiger partial charge is 0.337 e. The van der Waals surface area contributed by atoms with Crippen LogP contribution >= 0.6 is 0 Å². The van der Waals surface area contributed by atoms with Crippen LogP contribution in [0.25, 0.3) is 0 Å². The smallest absolute Gasteiger partial charge is 0.325 e. The van der Waals surface area contributed by atoms with Crippen LogP contribution in [0.2, 0.25) is 0 Å². The second-order valence-electron chi connectivity index (χ2n) is 7.73. The van der Waals surface area contributed by atoms with E-state index in [1.807, 2.05) is 44.2 Å². The quantitative estimate of drug-likeness (QED) is 0.621. The molecule has 1 saturated heterocycles. The highest BCUT2D eigenvalue weighted by atomic mass is 19.1. The third kappa shape index (κ3) is 4.76. The van der Waals surface area contributed by atoms with Gasteiger partial charge < -0.3 is 10.2 Å². The third-order valence-corrected chi connectivity index (χ3v) is 5.66. The summed E-state index contributed by atoms with van der Waals surface area (Å²) in [7, 11) is 0. The lowest BCUT2D eigenvalue weighted by molar-refractivity contribution is -0.139. The van der Waals surface area contributed by atoms with E-state index in [0.717, 1.165) is 16.9 Å². The second-order valence-corrected chi connectivity index (χ2v) is 7.73. The highest BCUT2D eigenvalue weighted by Crippen LogP contribution is 2.34. The van der Waals surface area contributed by atoms with Gasteiger partial charge in [-0.3, -0.25) is 14.5 Å². The lowest BCUT2D eigenvalue weighted by Crippen LogP contribution is -2.45. The van der Waals surface area contributed by atoms with Gasteiger partial charge in [0.25, 0.3) is 5.91 Å². The number of nitrogens with one attached hydrogen (secondary N) is 1. The minimum absolute atomic E-state index is 0.305. The van der Waals surface area contributed by atoms with Crippen molar-refractivity contribution < 1.29 is 18.8 Å². The van der Waals surface area contributed by atoms with Crippen LogP contribution in [-0.2, 0) is 21.7 Å². The van der Waals surface area contributed by atoms with E-state index in [1.165, 1.54) is 24.3 Å². The average Bonchev–Trinajstić information content (AvgIpc) is 3.02. The summed E-state index contributed by atoms with van der Waals surface area (Å²) < 4.78 is 13.4. The summed E-state index contributed by atoms with van der Waals surface area (Å²) in [5.74, 6) is -1.19. The predicted octanol–water partition coefficient (Wildman–Crippen LogP) is 3.81. The minimum atomic E-state index is -1.28. The number of carbonyl (C=O) groups excluding carboxylic acids is 3. The first-order valence-electron chi connectivity index (χ1n) is 10.6. The maximum absolute atomic E-state index is 13.4. The summed E-state index contributed by atoms with van der Waals surface area (Å²) in [6.07, 6.45) is 1.90. The molecular weight excluding hydrogens is 397 g/mol. The normalized spacial score (nSPS) is 18.2. The van der Waals surface area contributed by atoms with Gasteiger partial charge in [0, 0.05) is 13.1 Å². The summed E-state index contributed by atoms with van der Waals surface area (Å²) in [5.41, 5.74) is 0.211. The zero-order valence-electron chi connectivity index (χ0n) is 17.9. The summed E-state index contributed by atoms with van der Waals surface area (Å²) >= 11 is 0. The van der Waals surface area contributed by atoms with Crippen molar-refractivity contribution in [2.45, 2.75) is 45.2 Å². The number of hydrogen-bond donors (Lipinski definition) is 1. The monoisotopic (exact) mass is 425 g/mol. The molecule has 2 aromatic carbocycles. The molecule has 1 aliphatic heterocycles. The van der Waals surface area contributed by atoms with E-state index in [2.05, 4.69) is 5.32 Å². The van der Waals surface area contributed by atoms with Crippen molar-refractivity contribution in [3.05, 3.63) is 71.5 Å². The van der Waals surface area contributed by atoms with Crippen molar-refractivity contribution in [2.24, 2.45) is 0 Å². The highest BCUT2D eigenvalue weighted by Gasteiger charge is 2.52. The first-order chi connectivity index (χ1) is 14.9. The molecule has 1 heterocycles. The molecule has 1 aliphatic rings. The number of likely N-dealkylation sites (N-methyl/N-ethyl adjacent to an activating group) is 1. The Bertz CT molecular complexity index is 933. The molecule has 0 aliphatic carbocycles. The fraction of sp³-hybridized carbons (Fsp3) is 0.375. The van der Waals surface area contributed by atoms with Crippen LogP contribution in [0.4, 0.5) is 9.18 Å². The van der Waals surface area contributed by atoms with E-state index >= 15 is 0 Å². The van der Waals surface area contributed by atoms with Crippen LogP contribution < -0.4 is 5.32 Å². The first kappa shape index (κ1) is 22.5. The summed E-state index contributed by atoms with van der Waals surface area (Å²) in [6.45, 7) is 4.37. The molecule has 0 bridgehead atoms. The molecule has 0 aromatic heterocycles. The van der Waals surface area contributed by atoms with Gasteiger partial charge in [0.2, 0.25) is 5.91 Å². The number of unbranched alkanes of at least 4 members (excludes halogenated alkanes) is 1. The van der Waals surface area contributed by atoms with Gasteiger partial charge >= 0.3 is 6.03 Å². The number of carbonyl (C=O) groups is 3. The topological polar surface area (TPSA) is 69.7 Å². The fourth-order valence-corrected chi connectivity index (χ4v) is 3.87. The van der Waals surface area contributed by atoms with E-state index in [4.69, 9.17) is 0 Å². The molecule has 164 valence electrons. The molecular formula is C24H28FN3O3. The van der Waals surface area contributed by atoms with Gasteiger partial charge in [-0.05, 0) is 36.6 Å². The zero-order valence-corrected chi connectivity index (χ0v) is 17.9. The zero-order chi connectivity index (χ0) is 22.4. The van der Waals surface area contributed by atoms with E-state index in [1.54, 1.807) is 4.90 Å². The number of benzene rings is 2. The minimum Gasteiger partial charge on any atom is -0.337 e. The van der Waals surface area contributed by atoms with Crippen LogP contribution in [0.5, 0.6) is 0 Å². The van der Waals surface area contributed by atoms with Crippen LogP contribution in [0.15, 0.2) is 54.6 Å². The molecule has 1 atom stereocenters. The van der Waals surface area contributed by atoms with E-state index in [0.29, 0.717) is 31.5 Å². The van der Waals surface area contributed by atoms with Crippen molar-refractivity contribution in [3.63, 3.8) is 0 Å². The van der Waals surface area contributed by atoms with Crippen molar-refractivity contribution >= 4 is 17.8 Å². The fourth-order valence-electron chi connectivity index (χ4n) is 3.87. The second kappa shape index (κ2) is 9.73. The van der Waals surface area contributed by atoms with Crippen LogP contribution in [-0.4, -0.2) is 40.7 Å². The Hall–Kier alpha value is -3.22. The summed E-state index contributed by atoms with van der Waals surface area (Å²) in [6, 6.07) is 14.5. The molecule has 1 unspecified atom stereocenters. The number of hydrogen-bond acceptors (Lipinski definition) is 3. The number of amides is 4. The third-order valence-electron chi connectivity index (χ3n) is 5.66. The number of halogens is 1. The van der Waals surface area contributed by atoms with Gasteiger partial charge in [0.1, 0.15) is 17.9 Å². The Morgan fingerprint density at radius 2 is 1.74 bits per heavy atom. The van der Waals surface area contributed by atoms with Crippen LogP contribution in [0.3, 0.4) is 0 Å². The van der Waals surface area contributed by atoms with Gasteiger partial charge in [0.15, 0.2) is 0 Å². The lowest BCUT2D eigenvalue weighted by atomic mass is 9.85. The van der Waals surface area contributed by atoms with E-state index in [-0.39, 0.29) is 12.5 Å². The molecule has 6 nitrogen and oxygen atoms in total. The summed E-state index contributed by atoms with van der Waals surface area (Å²) in [4.78, 5) is 41.7. The van der Waals surface area contributed by atoms with Gasteiger partial charge in [-0.15, -0.1) is 0 Å². The average molecular weight is 426 g/mol. The van der Waals surface area contributed by atoms with Crippen molar-refractivity contribution in [3.8, 4) is 0 Å². The Balaban J connectivity index is 1.81. The van der Waals surface area contributed by atoms with Gasteiger partial charge in [0.05, 0.1) is 0 Å². The van der Waals surface area contributed by atoms with E-state index in [9.17, 15) is 18.8 Å². The number of rotatable bonds is 9. The summed E-state index contributed by atoms with van der Waals surface area (Å²) in [5, 5.41) is 2.79. The standard InChI is InChI=1S/C24H28FN3O3/c1-3-5-15-24(19-11-13-20(25)14-12-19)22(30)28(23(31)26-24)17-21(29)27(4-2)16-18-9-7-6-8-10-18/h6-14H,3-5,15-17H2,1-2H3,(H,26,31). The number of nitrogens with zero attached hydrogens (tertiary/aromatic N) is 2. The van der Waals surface area contributed by atoms with Crippen molar-refractivity contribution in [2.75, 3.05) is 13.1 Å². The van der Waals surface area contributed by atoms with Gasteiger partial charge in [-0.25, -0.2) is 9.18 Å². The van der Waals surface area contributed by atoms with Crippen LogP contribution in [0, 0.1) is 5.82 Å². The molecule has 0 saturated carbocycles. The maximum Gasteiger partial charge on any atom is 0.325 e. The number of urea groups is 1. The molecule has 1 fully saturated rings. The van der Waals surface area contributed by atoms with Crippen molar-refractivity contribution in [1.82, 2.24) is 15.1 Å². The van der Waals surface area contributed by atoms with E-state index < -0.39 is 23.3 Å². The molecule has 31 heavy (non-hydrogen) atoms. The molecule has 2 aromatic rings. The molecule has 1 N–H and O–H groups in total. The maximum atomic E-state index is 13.4. The number of imide groups is 1. The lowest BCUT2D eigenvalue weighted by Gasteiger charge is -2.28. The Labute approximate surface area is 182 Å². The highest BCUT2D eigenvalue weighted by molar-refractivity contribution is 6.09. The molecule has 7 heteroatoms. The Kier molecular flexibility index (Phi) is 7.05. The SMILES string of the molecule is CCCCC1(c2ccc(F)cc2)NC(=O)N(CC(=O)N(CC)Cc2ccccc2)C1=O. The Morgan fingerprint density at radius 3 is 2.35 bits per heavy atom. The Morgan fingerprint density at radius 1 is 1.06 bits per heavy atom. The molecule has 0 spiro atoms. The first-order valence-corrected chi connectivity index (χ1v) is 10.6. The van der Waals surface area contributed by atoms with Crippen LogP contribution in [0.1, 0.15) is 44.2 Å². The van der Waals surface area contributed by atoms with Crippen molar-refractivity contribution in [1.29, 1.82) is 0 Å². The predicted molar refractivity (Wildman–Crippen MR) is 115 cm³/mol. The molecule has 0 radical (unpaired) electrons. The van der Waals surface area contributed by atoms with Gasteiger partial charge in [-0.1, -0.05) is 62.2 Å². The van der Waals surface area contributed by atoms with Gasteiger partial charge in [-0.2, -0.15) is 0 Å². The molecule has 3 rings (SSSR count).